The Hall–Kier alpha value is -1.33. The van der Waals surface area contributed by atoms with Crippen LogP contribution in [0.25, 0.3) is 10.7 Å². The van der Waals surface area contributed by atoms with Crippen LogP contribution in [0.2, 0.25) is 0 Å². The van der Waals surface area contributed by atoms with Gasteiger partial charge in [-0.2, -0.15) is 0 Å². The second kappa shape index (κ2) is 5.84. The molecule has 17 heavy (non-hydrogen) atoms. The number of hydrogen-bond donors (Lipinski definition) is 1. The van der Waals surface area contributed by atoms with Gasteiger partial charge in [0.15, 0.2) is 5.01 Å². The van der Waals surface area contributed by atoms with Crippen molar-refractivity contribution in [2.45, 2.75) is 26.8 Å². The first-order chi connectivity index (χ1) is 8.29. The van der Waals surface area contributed by atoms with Gasteiger partial charge in [0, 0.05) is 12.2 Å². The number of aromatic nitrogens is 3. The van der Waals surface area contributed by atoms with E-state index < -0.39 is 0 Å². The Bertz CT molecular complexity index is 481. The van der Waals surface area contributed by atoms with Crippen LogP contribution in [0, 0.1) is 6.92 Å². The van der Waals surface area contributed by atoms with E-state index >= 15 is 0 Å². The molecule has 0 radical (unpaired) electrons. The Morgan fingerprint density at radius 1 is 1.29 bits per heavy atom. The monoisotopic (exact) mass is 248 g/mol. The lowest BCUT2D eigenvalue weighted by Crippen LogP contribution is -2.13. The topological polar surface area (TPSA) is 50.7 Å². The van der Waals surface area contributed by atoms with Gasteiger partial charge in [-0.25, -0.2) is 0 Å². The van der Waals surface area contributed by atoms with Crippen molar-refractivity contribution in [3.8, 4) is 10.7 Å². The minimum atomic E-state index is 0.789. The van der Waals surface area contributed by atoms with Gasteiger partial charge in [-0.3, -0.25) is 4.98 Å². The van der Waals surface area contributed by atoms with E-state index in [9.17, 15) is 0 Å². The van der Waals surface area contributed by atoms with E-state index in [1.54, 1.807) is 11.3 Å². The summed E-state index contributed by atoms with van der Waals surface area (Å²) in [7, 11) is 0. The van der Waals surface area contributed by atoms with Gasteiger partial charge in [-0.05, 0) is 32.0 Å². The minimum absolute atomic E-state index is 0.789. The third-order valence-corrected chi connectivity index (χ3v) is 3.22. The SMILES string of the molecule is CCCNCc1nnc(-c2cccc(C)n2)s1. The molecule has 0 saturated heterocycles. The van der Waals surface area contributed by atoms with E-state index in [-0.39, 0.29) is 0 Å². The third-order valence-electron chi connectivity index (χ3n) is 2.28. The van der Waals surface area contributed by atoms with E-state index in [2.05, 4.69) is 27.4 Å². The van der Waals surface area contributed by atoms with Gasteiger partial charge < -0.3 is 5.32 Å². The van der Waals surface area contributed by atoms with Gasteiger partial charge in [0.2, 0.25) is 0 Å². The molecule has 0 bridgehead atoms. The Labute approximate surface area is 105 Å². The summed E-state index contributed by atoms with van der Waals surface area (Å²) in [5, 5.41) is 13.5. The molecule has 5 heteroatoms. The number of hydrogen-bond acceptors (Lipinski definition) is 5. The number of pyridine rings is 1. The summed E-state index contributed by atoms with van der Waals surface area (Å²) in [5.74, 6) is 0. The van der Waals surface area contributed by atoms with Crippen molar-refractivity contribution in [1.29, 1.82) is 0 Å². The quantitative estimate of drug-likeness (QED) is 0.826. The van der Waals surface area contributed by atoms with E-state index in [1.165, 1.54) is 0 Å². The van der Waals surface area contributed by atoms with Gasteiger partial charge in [0.05, 0.1) is 0 Å². The molecule has 0 atom stereocenters. The molecule has 0 amide bonds. The minimum Gasteiger partial charge on any atom is -0.310 e. The Kier molecular flexibility index (Phi) is 4.17. The average molecular weight is 248 g/mol. The second-order valence-electron chi connectivity index (χ2n) is 3.84. The standard InChI is InChI=1S/C12H16N4S/c1-3-7-13-8-11-15-16-12(17-11)10-6-4-5-9(2)14-10/h4-6,13H,3,7-8H2,1-2H3. The van der Waals surface area contributed by atoms with Crippen molar-refractivity contribution in [3.05, 3.63) is 28.9 Å². The predicted molar refractivity (Wildman–Crippen MR) is 69.9 cm³/mol. The van der Waals surface area contributed by atoms with E-state index in [1.807, 2.05) is 25.1 Å². The zero-order chi connectivity index (χ0) is 12.1. The Morgan fingerprint density at radius 2 is 2.18 bits per heavy atom. The average Bonchev–Trinajstić information content (AvgIpc) is 2.78. The zero-order valence-corrected chi connectivity index (χ0v) is 10.9. The van der Waals surface area contributed by atoms with Crippen LogP contribution in [0.5, 0.6) is 0 Å². The molecule has 4 nitrogen and oxygen atoms in total. The highest BCUT2D eigenvalue weighted by Crippen LogP contribution is 2.21. The molecule has 0 aliphatic heterocycles. The van der Waals surface area contributed by atoms with Crippen LogP contribution in [0.3, 0.4) is 0 Å². The summed E-state index contributed by atoms with van der Waals surface area (Å²) in [6, 6.07) is 5.94. The van der Waals surface area contributed by atoms with E-state index in [0.717, 1.165) is 40.9 Å². The highest BCUT2D eigenvalue weighted by Gasteiger charge is 2.07. The van der Waals surface area contributed by atoms with Crippen molar-refractivity contribution in [3.63, 3.8) is 0 Å². The number of rotatable bonds is 5. The highest BCUT2D eigenvalue weighted by atomic mass is 32.1. The lowest BCUT2D eigenvalue weighted by Gasteiger charge is -1.97. The molecule has 2 rings (SSSR count). The van der Waals surface area contributed by atoms with Crippen molar-refractivity contribution < 1.29 is 0 Å². The van der Waals surface area contributed by atoms with Crippen LogP contribution in [0.15, 0.2) is 18.2 Å². The fourth-order valence-corrected chi connectivity index (χ4v) is 2.24. The van der Waals surface area contributed by atoms with Crippen LogP contribution in [-0.2, 0) is 6.54 Å². The number of nitrogens with one attached hydrogen (secondary N) is 1. The molecular weight excluding hydrogens is 232 g/mol. The molecule has 0 aliphatic rings. The summed E-state index contributed by atoms with van der Waals surface area (Å²) in [6.45, 7) is 5.93. The van der Waals surface area contributed by atoms with Crippen molar-refractivity contribution >= 4 is 11.3 Å². The lowest BCUT2D eigenvalue weighted by atomic mass is 10.3. The lowest BCUT2D eigenvalue weighted by molar-refractivity contribution is 0.668. The molecule has 0 unspecified atom stereocenters. The molecule has 0 fully saturated rings. The smallest absolute Gasteiger partial charge is 0.166 e. The van der Waals surface area contributed by atoms with Crippen LogP contribution in [0.1, 0.15) is 24.0 Å². The van der Waals surface area contributed by atoms with E-state index in [0.29, 0.717) is 0 Å². The predicted octanol–water partition coefficient (Wildman–Crippen LogP) is 2.41. The molecule has 0 aromatic carbocycles. The Morgan fingerprint density at radius 3 is 2.94 bits per heavy atom. The second-order valence-corrected chi connectivity index (χ2v) is 4.90. The molecule has 1 N–H and O–H groups in total. The molecule has 0 aliphatic carbocycles. The van der Waals surface area contributed by atoms with Crippen molar-refractivity contribution in [2.75, 3.05) is 6.54 Å². The zero-order valence-electron chi connectivity index (χ0n) is 10.1. The van der Waals surface area contributed by atoms with Crippen molar-refractivity contribution in [1.82, 2.24) is 20.5 Å². The maximum Gasteiger partial charge on any atom is 0.166 e. The molecule has 0 saturated carbocycles. The number of aryl methyl sites for hydroxylation is 1. The highest BCUT2D eigenvalue weighted by molar-refractivity contribution is 7.14. The first-order valence-corrected chi connectivity index (χ1v) is 6.58. The first kappa shape index (κ1) is 12.1. The third kappa shape index (κ3) is 3.31. The van der Waals surface area contributed by atoms with Gasteiger partial charge in [0.25, 0.3) is 0 Å². The molecule has 2 heterocycles. The largest absolute Gasteiger partial charge is 0.310 e. The summed E-state index contributed by atoms with van der Waals surface area (Å²) in [5.41, 5.74) is 1.91. The van der Waals surface area contributed by atoms with Crippen molar-refractivity contribution in [2.24, 2.45) is 0 Å². The maximum absolute atomic E-state index is 4.44. The fourth-order valence-electron chi connectivity index (χ4n) is 1.46. The van der Waals surface area contributed by atoms with Gasteiger partial charge >= 0.3 is 0 Å². The first-order valence-electron chi connectivity index (χ1n) is 5.76. The maximum atomic E-state index is 4.44. The number of nitrogens with zero attached hydrogens (tertiary/aromatic N) is 3. The van der Waals surface area contributed by atoms with Gasteiger partial charge in [-0.1, -0.05) is 24.3 Å². The summed E-state index contributed by atoms with van der Waals surface area (Å²) in [6.07, 6.45) is 1.13. The van der Waals surface area contributed by atoms with Gasteiger partial charge in [-0.15, -0.1) is 10.2 Å². The summed E-state index contributed by atoms with van der Waals surface area (Å²) >= 11 is 1.60. The van der Waals surface area contributed by atoms with Crippen LogP contribution >= 0.6 is 11.3 Å². The van der Waals surface area contributed by atoms with Crippen LogP contribution < -0.4 is 5.32 Å². The molecule has 90 valence electrons. The van der Waals surface area contributed by atoms with Gasteiger partial charge in [0.1, 0.15) is 10.7 Å². The fraction of sp³-hybridized carbons (Fsp3) is 0.417. The molecule has 2 aromatic rings. The normalized spacial score (nSPS) is 10.7. The molecular formula is C12H16N4S. The Balaban J connectivity index is 2.07. The molecule has 2 aromatic heterocycles. The van der Waals surface area contributed by atoms with Crippen LogP contribution in [-0.4, -0.2) is 21.7 Å². The summed E-state index contributed by atoms with van der Waals surface area (Å²) in [4.78, 5) is 4.44. The summed E-state index contributed by atoms with van der Waals surface area (Å²) < 4.78 is 0. The van der Waals surface area contributed by atoms with Crippen LogP contribution in [0.4, 0.5) is 0 Å². The molecule has 0 spiro atoms. The van der Waals surface area contributed by atoms with E-state index in [4.69, 9.17) is 0 Å².